The summed E-state index contributed by atoms with van der Waals surface area (Å²) >= 11 is 5.88. The van der Waals surface area contributed by atoms with E-state index in [0.29, 0.717) is 16.4 Å². The number of nitrogens with one attached hydrogen (secondary N) is 2. The fraction of sp³-hybridized carbons (Fsp3) is 0.0769. The molecule has 21 heavy (non-hydrogen) atoms. The molecule has 0 unspecified atom stereocenters. The van der Waals surface area contributed by atoms with E-state index >= 15 is 0 Å². The largest absolute Gasteiger partial charge is 0.354 e. The Hall–Kier alpha value is -2.12. The van der Waals surface area contributed by atoms with Crippen molar-refractivity contribution in [3.63, 3.8) is 0 Å². The summed E-state index contributed by atoms with van der Waals surface area (Å²) in [5.41, 5.74) is 0.911. The molecule has 0 aliphatic rings. The van der Waals surface area contributed by atoms with Gasteiger partial charge >= 0.3 is 0 Å². The first-order valence-electron chi connectivity index (χ1n) is 5.88. The molecule has 2 rings (SSSR count). The van der Waals surface area contributed by atoms with Crippen LogP contribution in [0.4, 0.5) is 11.4 Å². The third kappa shape index (κ3) is 3.93. The van der Waals surface area contributed by atoms with Crippen LogP contribution in [-0.2, 0) is 14.8 Å². The van der Waals surface area contributed by atoms with Gasteiger partial charge in [-0.3, -0.25) is 9.78 Å². The van der Waals surface area contributed by atoms with E-state index in [-0.39, 0.29) is 4.90 Å². The van der Waals surface area contributed by atoms with Gasteiger partial charge in [-0.1, -0.05) is 17.7 Å². The summed E-state index contributed by atoms with van der Waals surface area (Å²) in [5, 5.41) is 3.45. The number of sulfonamides is 1. The Labute approximate surface area is 127 Å². The fourth-order valence-corrected chi connectivity index (χ4v) is 2.95. The quantitative estimate of drug-likeness (QED) is 0.900. The molecule has 0 saturated heterocycles. The van der Waals surface area contributed by atoms with Crippen LogP contribution in [0.25, 0.3) is 0 Å². The maximum atomic E-state index is 12.1. The molecule has 0 spiro atoms. The second-order valence-corrected chi connectivity index (χ2v) is 6.26. The van der Waals surface area contributed by atoms with E-state index in [2.05, 4.69) is 10.3 Å². The lowest BCUT2D eigenvalue weighted by atomic mass is 10.3. The predicted octanol–water partition coefficient (Wildman–Crippen LogP) is 2.30. The molecule has 0 radical (unpaired) electrons. The smallest absolute Gasteiger partial charge is 0.267 e. The normalized spacial score (nSPS) is 11.0. The molecule has 1 amide bonds. The first-order chi connectivity index (χ1) is 9.88. The fourth-order valence-electron chi connectivity index (χ4n) is 1.66. The highest BCUT2D eigenvalue weighted by molar-refractivity contribution is 7.90. The summed E-state index contributed by atoms with van der Waals surface area (Å²) < 4.78 is 26.1. The molecule has 110 valence electrons. The van der Waals surface area contributed by atoms with Crippen molar-refractivity contribution < 1.29 is 13.2 Å². The standard InChI is InChI=1S/C13H12ClN3O3S/c1-9(18)17-21(19,20)13-8-15-6-5-12(13)16-11-4-2-3-10(14)7-11/h2-8H,1H3,(H,15,16)(H,17,18). The van der Waals surface area contributed by atoms with Crippen molar-refractivity contribution in [2.24, 2.45) is 0 Å². The first kappa shape index (κ1) is 15.3. The highest BCUT2D eigenvalue weighted by atomic mass is 35.5. The van der Waals surface area contributed by atoms with Crippen LogP contribution in [0.5, 0.6) is 0 Å². The maximum absolute atomic E-state index is 12.1. The van der Waals surface area contributed by atoms with Crippen LogP contribution in [0.2, 0.25) is 5.02 Å². The Kier molecular flexibility index (Phi) is 4.44. The minimum atomic E-state index is -3.98. The van der Waals surface area contributed by atoms with E-state index in [1.165, 1.54) is 12.3 Å². The van der Waals surface area contributed by atoms with Crippen LogP contribution >= 0.6 is 11.6 Å². The summed E-state index contributed by atoms with van der Waals surface area (Å²) in [6.07, 6.45) is 2.61. The minimum absolute atomic E-state index is 0.125. The Balaban J connectivity index is 2.40. The number of amides is 1. The summed E-state index contributed by atoms with van der Waals surface area (Å²) in [4.78, 5) is 14.7. The lowest BCUT2D eigenvalue weighted by Gasteiger charge is -2.12. The zero-order valence-corrected chi connectivity index (χ0v) is 12.6. The SMILES string of the molecule is CC(=O)NS(=O)(=O)c1cnccc1Nc1cccc(Cl)c1. The number of pyridine rings is 1. The average Bonchev–Trinajstić information content (AvgIpc) is 2.37. The topological polar surface area (TPSA) is 88.2 Å². The van der Waals surface area contributed by atoms with Gasteiger partial charge in [-0.05, 0) is 24.3 Å². The molecule has 0 fully saturated rings. The van der Waals surface area contributed by atoms with Gasteiger partial charge in [0.15, 0.2) is 0 Å². The predicted molar refractivity (Wildman–Crippen MR) is 80.0 cm³/mol. The van der Waals surface area contributed by atoms with Crippen LogP contribution in [0.1, 0.15) is 6.92 Å². The molecule has 1 heterocycles. The van der Waals surface area contributed by atoms with Crippen molar-refractivity contribution in [2.45, 2.75) is 11.8 Å². The number of rotatable bonds is 4. The van der Waals surface area contributed by atoms with E-state index < -0.39 is 15.9 Å². The van der Waals surface area contributed by atoms with Crippen LogP contribution in [0.15, 0.2) is 47.6 Å². The van der Waals surface area contributed by atoms with E-state index in [1.54, 1.807) is 24.3 Å². The number of anilines is 2. The van der Waals surface area contributed by atoms with E-state index in [0.717, 1.165) is 13.1 Å². The summed E-state index contributed by atoms with van der Waals surface area (Å²) in [6.45, 7) is 1.12. The van der Waals surface area contributed by atoms with Gasteiger partial charge in [0, 0.05) is 30.0 Å². The average molecular weight is 326 g/mol. The number of nitrogens with zero attached hydrogens (tertiary/aromatic N) is 1. The van der Waals surface area contributed by atoms with Gasteiger partial charge in [-0.15, -0.1) is 0 Å². The number of halogens is 1. The lowest BCUT2D eigenvalue weighted by Crippen LogP contribution is -2.28. The Bertz CT molecular complexity index is 778. The summed E-state index contributed by atoms with van der Waals surface area (Å²) in [7, 11) is -3.98. The third-order valence-corrected chi connectivity index (χ3v) is 4.15. The molecule has 0 aliphatic carbocycles. The lowest BCUT2D eigenvalue weighted by molar-refractivity contribution is -0.117. The number of carbonyl (C=O) groups is 1. The number of aromatic nitrogens is 1. The second-order valence-electron chi connectivity index (χ2n) is 4.17. The molecule has 0 atom stereocenters. The first-order valence-corrected chi connectivity index (χ1v) is 7.74. The highest BCUT2D eigenvalue weighted by Gasteiger charge is 2.20. The van der Waals surface area contributed by atoms with Crippen molar-refractivity contribution in [1.82, 2.24) is 9.71 Å². The van der Waals surface area contributed by atoms with Crippen LogP contribution in [-0.4, -0.2) is 19.3 Å². The monoisotopic (exact) mass is 325 g/mol. The maximum Gasteiger partial charge on any atom is 0.267 e. The Morgan fingerprint density at radius 1 is 1.29 bits per heavy atom. The molecule has 0 saturated carbocycles. The van der Waals surface area contributed by atoms with Gasteiger partial charge < -0.3 is 5.32 Å². The zero-order chi connectivity index (χ0) is 15.5. The van der Waals surface area contributed by atoms with E-state index in [4.69, 9.17) is 11.6 Å². The van der Waals surface area contributed by atoms with Crippen LogP contribution in [0, 0.1) is 0 Å². The van der Waals surface area contributed by atoms with Gasteiger partial charge in [0.1, 0.15) is 4.90 Å². The second kappa shape index (κ2) is 6.11. The Morgan fingerprint density at radius 3 is 2.71 bits per heavy atom. The molecule has 1 aromatic carbocycles. The van der Waals surface area contributed by atoms with E-state index in [1.807, 2.05) is 4.72 Å². The van der Waals surface area contributed by atoms with Crippen molar-refractivity contribution in [3.8, 4) is 0 Å². The molecular weight excluding hydrogens is 314 g/mol. The molecule has 2 aromatic rings. The molecule has 0 aliphatic heterocycles. The summed E-state index contributed by atoms with van der Waals surface area (Å²) in [5.74, 6) is -0.674. The van der Waals surface area contributed by atoms with Crippen molar-refractivity contribution >= 4 is 38.9 Å². The highest BCUT2D eigenvalue weighted by Crippen LogP contribution is 2.25. The van der Waals surface area contributed by atoms with Crippen LogP contribution in [0.3, 0.4) is 0 Å². The van der Waals surface area contributed by atoms with Crippen molar-refractivity contribution in [1.29, 1.82) is 0 Å². The van der Waals surface area contributed by atoms with Gasteiger partial charge in [-0.2, -0.15) is 0 Å². The molecule has 6 nitrogen and oxygen atoms in total. The number of carbonyl (C=O) groups excluding carboxylic acids is 1. The minimum Gasteiger partial charge on any atom is -0.354 e. The molecule has 0 bridgehead atoms. The third-order valence-electron chi connectivity index (χ3n) is 2.46. The van der Waals surface area contributed by atoms with Gasteiger partial charge in [0.25, 0.3) is 10.0 Å². The molecular formula is C13H12ClN3O3S. The molecule has 2 N–H and O–H groups in total. The van der Waals surface area contributed by atoms with E-state index in [9.17, 15) is 13.2 Å². The molecule has 8 heteroatoms. The van der Waals surface area contributed by atoms with Crippen LogP contribution < -0.4 is 10.0 Å². The zero-order valence-electron chi connectivity index (χ0n) is 11.0. The number of hydrogen-bond acceptors (Lipinski definition) is 5. The van der Waals surface area contributed by atoms with Crippen molar-refractivity contribution in [2.75, 3.05) is 5.32 Å². The molecule has 1 aromatic heterocycles. The van der Waals surface area contributed by atoms with Gasteiger partial charge in [0.2, 0.25) is 5.91 Å². The Morgan fingerprint density at radius 2 is 2.05 bits per heavy atom. The van der Waals surface area contributed by atoms with Gasteiger partial charge in [-0.25, -0.2) is 13.1 Å². The number of hydrogen-bond donors (Lipinski definition) is 2. The van der Waals surface area contributed by atoms with Gasteiger partial charge in [0.05, 0.1) is 5.69 Å². The summed E-state index contributed by atoms with van der Waals surface area (Å²) in [6, 6.07) is 8.32. The van der Waals surface area contributed by atoms with Crippen molar-refractivity contribution in [3.05, 3.63) is 47.7 Å². The number of benzene rings is 1.